The van der Waals surface area contributed by atoms with Crippen molar-refractivity contribution in [3.63, 3.8) is 0 Å². The Hall–Kier alpha value is -5.86. The van der Waals surface area contributed by atoms with Crippen molar-refractivity contribution in [2.24, 2.45) is 23.7 Å². The van der Waals surface area contributed by atoms with Crippen LogP contribution in [0.4, 0.5) is 0 Å². The van der Waals surface area contributed by atoms with Crippen molar-refractivity contribution in [3.05, 3.63) is 163 Å². The van der Waals surface area contributed by atoms with Crippen LogP contribution in [0.3, 0.4) is 0 Å². The molecule has 7 aromatic carbocycles. The average molecular weight is 694 g/mol. The molecule has 5 aliphatic carbocycles. The number of hydrogen-bond acceptors (Lipinski definition) is 1. The average Bonchev–Trinajstić information content (AvgIpc) is 3.85. The van der Waals surface area contributed by atoms with Gasteiger partial charge in [0.05, 0.1) is 11.0 Å². The lowest BCUT2D eigenvalue weighted by atomic mass is 9.43. The third-order valence-electron chi connectivity index (χ3n) is 14.4. The molecule has 2 heterocycles. The Balaban J connectivity index is 0.920. The molecule has 2 nitrogen and oxygen atoms in total. The minimum atomic E-state index is 0.185. The molecule has 1 spiro atoms. The van der Waals surface area contributed by atoms with Crippen LogP contribution in [0.15, 0.2) is 156 Å². The van der Waals surface area contributed by atoms with Crippen molar-refractivity contribution >= 4 is 43.7 Å². The monoisotopic (exact) mass is 693 g/mol. The second-order valence-electron chi connectivity index (χ2n) is 16.9. The van der Waals surface area contributed by atoms with Crippen molar-refractivity contribution in [2.45, 2.75) is 37.5 Å². The molecule has 0 radical (unpaired) electrons. The molecule has 2 aromatic heterocycles. The van der Waals surface area contributed by atoms with E-state index in [0.29, 0.717) is 0 Å². The molecule has 14 rings (SSSR count). The number of fused-ring (bicyclic) bond motifs is 9. The SMILES string of the molecule is c1ccc2c(c1)-c1ccc(-c3ccc(-n4c5ccccc5c5ccc(-c6ccc7c(c6)oc6ccccc67)cc54)cc3)cc1C21C2CC3CC(C2)CC1C3. The highest BCUT2D eigenvalue weighted by atomic mass is 16.3. The maximum atomic E-state index is 6.28. The first-order valence-corrected chi connectivity index (χ1v) is 20.0. The smallest absolute Gasteiger partial charge is 0.136 e. The highest BCUT2D eigenvalue weighted by Gasteiger charge is 2.61. The maximum absolute atomic E-state index is 6.28. The fourth-order valence-corrected chi connectivity index (χ4v) is 12.5. The molecule has 0 N–H and O–H groups in total. The number of aromatic nitrogens is 1. The van der Waals surface area contributed by atoms with Crippen molar-refractivity contribution in [1.29, 1.82) is 0 Å². The normalized spacial score (nSPS) is 23.6. The van der Waals surface area contributed by atoms with Gasteiger partial charge in [-0.2, -0.15) is 0 Å². The van der Waals surface area contributed by atoms with E-state index < -0.39 is 0 Å². The van der Waals surface area contributed by atoms with Gasteiger partial charge >= 0.3 is 0 Å². The van der Waals surface area contributed by atoms with Gasteiger partial charge < -0.3 is 8.98 Å². The summed E-state index contributed by atoms with van der Waals surface area (Å²) in [5, 5.41) is 4.86. The zero-order chi connectivity index (χ0) is 35.1. The molecule has 0 atom stereocenters. The molecule has 2 heteroatoms. The van der Waals surface area contributed by atoms with E-state index in [-0.39, 0.29) is 5.41 Å². The van der Waals surface area contributed by atoms with Gasteiger partial charge in [0.1, 0.15) is 11.2 Å². The predicted molar refractivity (Wildman–Crippen MR) is 222 cm³/mol. The minimum Gasteiger partial charge on any atom is -0.456 e. The van der Waals surface area contributed by atoms with E-state index in [1.807, 2.05) is 12.1 Å². The van der Waals surface area contributed by atoms with Crippen LogP contribution in [0.1, 0.15) is 43.2 Å². The van der Waals surface area contributed by atoms with E-state index in [1.54, 1.807) is 11.1 Å². The van der Waals surface area contributed by atoms with Gasteiger partial charge in [-0.05, 0) is 149 Å². The van der Waals surface area contributed by atoms with E-state index in [0.717, 1.165) is 51.2 Å². The topological polar surface area (TPSA) is 18.1 Å². The molecule has 4 bridgehead atoms. The Bertz CT molecular complexity index is 2980. The van der Waals surface area contributed by atoms with Crippen LogP contribution < -0.4 is 0 Å². The predicted octanol–water partition coefficient (Wildman–Crippen LogP) is 13.7. The summed E-state index contributed by atoms with van der Waals surface area (Å²) in [5.41, 5.74) is 16.9. The first-order valence-electron chi connectivity index (χ1n) is 20.0. The maximum Gasteiger partial charge on any atom is 0.136 e. The van der Waals surface area contributed by atoms with Crippen LogP contribution in [0.25, 0.3) is 82.8 Å². The van der Waals surface area contributed by atoms with E-state index >= 15 is 0 Å². The first-order chi connectivity index (χ1) is 26.7. The van der Waals surface area contributed by atoms with E-state index in [2.05, 4.69) is 144 Å². The van der Waals surface area contributed by atoms with Crippen molar-refractivity contribution in [2.75, 3.05) is 0 Å². The number of para-hydroxylation sites is 2. The van der Waals surface area contributed by atoms with E-state index in [9.17, 15) is 0 Å². The second-order valence-corrected chi connectivity index (χ2v) is 16.9. The number of benzene rings is 7. The fraction of sp³-hybridized carbons (Fsp3) is 0.192. The van der Waals surface area contributed by atoms with Crippen LogP contribution >= 0.6 is 0 Å². The molecule has 9 aromatic rings. The van der Waals surface area contributed by atoms with Gasteiger partial charge in [-0.3, -0.25) is 0 Å². The molecular weight excluding hydrogens is 655 g/mol. The Labute approximate surface area is 314 Å². The Kier molecular flexibility index (Phi) is 5.83. The molecule has 0 aliphatic heterocycles. The molecule has 0 unspecified atom stereocenters. The van der Waals surface area contributed by atoms with Gasteiger partial charge in [-0.25, -0.2) is 0 Å². The van der Waals surface area contributed by atoms with Crippen LogP contribution in [0.5, 0.6) is 0 Å². The summed E-state index contributed by atoms with van der Waals surface area (Å²) < 4.78 is 8.73. The highest BCUT2D eigenvalue weighted by Crippen LogP contribution is 2.69. The second kappa shape index (κ2) is 10.6. The Morgan fingerprint density at radius 3 is 1.85 bits per heavy atom. The molecule has 0 amide bonds. The quantitative estimate of drug-likeness (QED) is 0.180. The molecule has 54 heavy (non-hydrogen) atoms. The Morgan fingerprint density at radius 1 is 0.426 bits per heavy atom. The van der Waals surface area contributed by atoms with Gasteiger partial charge in [0.2, 0.25) is 0 Å². The van der Waals surface area contributed by atoms with Gasteiger partial charge in [-0.15, -0.1) is 0 Å². The summed E-state index contributed by atoms with van der Waals surface area (Å²) in [4.78, 5) is 0. The van der Waals surface area contributed by atoms with Gasteiger partial charge in [0, 0.05) is 32.6 Å². The standard InChI is InChI=1S/C52H39NO/c1-4-10-46-40(7-1)41-20-15-34(28-47(41)52(46)37-24-31-23-32(26-37)27-38(52)25-31)33-13-18-39(19-14-33)53-48-11-5-2-8-42(48)43-21-16-35(29-49(43)53)36-17-22-45-44-9-3-6-12-50(44)54-51(45)30-36/h1-22,28-32,37-38H,23-27H2. The minimum absolute atomic E-state index is 0.185. The summed E-state index contributed by atoms with van der Waals surface area (Å²) in [6, 6.07) is 56.9. The zero-order valence-corrected chi connectivity index (χ0v) is 30.1. The van der Waals surface area contributed by atoms with Gasteiger partial charge in [0.15, 0.2) is 0 Å². The largest absolute Gasteiger partial charge is 0.456 e. The summed E-state index contributed by atoms with van der Waals surface area (Å²) in [6.07, 6.45) is 7.13. The fourth-order valence-electron chi connectivity index (χ4n) is 12.5. The third kappa shape index (κ3) is 3.86. The summed E-state index contributed by atoms with van der Waals surface area (Å²) in [5.74, 6) is 3.44. The first kappa shape index (κ1) is 29.6. The Morgan fingerprint density at radius 2 is 1.02 bits per heavy atom. The number of furan rings is 1. The van der Waals surface area contributed by atoms with Crippen LogP contribution in [0.2, 0.25) is 0 Å². The van der Waals surface area contributed by atoms with Crippen LogP contribution in [0, 0.1) is 23.7 Å². The third-order valence-corrected chi connectivity index (χ3v) is 14.4. The van der Waals surface area contributed by atoms with Crippen molar-refractivity contribution in [3.8, 4) is 39.1 Å². The lowest BCUT2D eigenvalue weighted by molar-refractivity contribution is -0.0399. The molecule has 4 saturated carbocycles. The van der Waals surface area contributed by atoms with E-state index in [1.165, 1.54) is 87.4 Å². The molecule has 258 valence electrons. The highest BCUT2D eigenvalue weighted by molar-refractivity contribution is 6.11. The van der Waals surface area contributed by atoms with Crippen LogP contribution in [-0.2, 0) is 5.41 Å². The van der Waals surface area contributed by atoms with Crippen molar-refractivity contribution < 1.29 is 4.42 Å². The zero-order valence-electron chi connectivity index (χ0n) is 30.1. The van der Waals surface area contributed by atoms with Crippen LogP contribution in [-0.4, -0.2) is 4.57 Å². The summed E-state index contributed by atoms with van der Waals surface area (Å²) in [7, 11) is 0. The number of rotatable bonds is 3. The summed E-state index contributed by atoms with van der Waals surface area (Å²) in [6.45, 7) is 0. The van der Waals surface area contributed by atoms with E-state index in [4.69, 9.17) is 4.42 Å². The number of nitrogens with zero attached hydrogens (tertiary/aromatic N) is 1. The molecule has 0 saturated heterocycles. The summed E-state index contributed by atoms with van der Waals surface area (Å²) >= 11 is 0. The van der Waals surface area contributed by atoms with Crippen molar-refractivity contribution in [1.82, 2.24) is 4.57 Å². The lowest BCUT2D eigenvalue weighted by Crippen LogP contribution is -2.55. The molecule has 5 aliphatic rings. The molecule has 4 fully saturated rings. The van der Waals surface area contributed by atoms with Gasteiger partial charge in [0.25, 0.3) is 0 Å². The lowest BCUT2D eigenvalue weighted by Gasteiger charge is -2.61. The number of hydrogen-bond donors (Lipinski definition) is 0. The molecular formula is C52H39NO. The van der Waals surface area contributed by atoms with Gasteiger partial charge in [-0.1, -0.05) is 103 Å².